The number of hydrogen-bond acceptors (Lipinski definition) is 6. The van der Waals surface area contributed by atoms with Gasteiger partial charge in [0.1, 0.15) is 5.75 Å². The number of aromatic nitrogens is 2. The molecule has 0 saturated carbocycles. The Kier molecular flexibility index (Phi) is 5.30. The lowest BCUT2D eigenvalue weighted by molar-refractivity contribution is 0.277. The van der Waals surface area contributed by atoms with Crippen LogP contribution < -0.4 is 5.73 Å². The minimum absolute atomic E-state index is 0.0507. The summed E-state index contributed by atoms with van der Waals surface area (Å²) < 4.78 is 0. The molecule has 2 heterocycles. The number of aromatic hydroxyl groups is 1. The first-order valence-electron chi connectivity index (χ1n) is 7.50. The van der Waals surface area contributed by atoms with Crippen LogP contribution in [0.4, 0.5) is 0 Å². The second-order valence-corrected chi connectivity index (χ2v) is 5.62. The summed E-state index contributed by atoms with van der Waals surface area (Å²) in [5.74, 6) is 0.0507. The topological polar surface area (TPSA) is 112 Å². The van der Waals surface area contributed by atoms with E-state index in [2.05, 4.69) is 9.97 Å². The highest BCUT2D eigenvalue weighted by molar-refractivity contribution is 5.46. The van der Waals surface area contributed by atoms with Crippen molar-refractivity contribution >= 4 is 0 Å². The van der Waals surface area contributed by atoms with Crippen molar-refractivity contribution in [2.75, 3.05) is 0 Å². The van der Waals surface area contributed by atoms with Gasteiger partial charge in [0.2, 0.25) is 0 Å². The molecule has 0 bridgehead atoms. The molecule has 0 aromatic carbocycles. The molecule has 0 fully saturated rings. The van der Waals surface area contributed by atoms with E-state index in [1.165, 1.54) is 0 Å². The van der Waals surface area contributed by atoms with Crippen LogP contribution in [-0.4, -0.2) is 25.3 Å². The lowest BCUT2D eigenvalue weighted by Crippen LogP contribution is -2.13. The molecule has 0 aliphatic rings. The molecule has 6 nitrogen and oxygen atoms in total. The molecule has 0 radical (unpaired) electrons. The van der Waals surface area contributed by atoms with Crippen molar-refractivity contribution in [3.8, 4) is 5.75 Å². The van der Waals surface area contributed by atoms with E-state index in [0.717, 1.165) is 16.8 Å². The van der Waals surface area contributed by atoms with E-state index >= 15 is 0 Å². The smallest absolute Gasteiger partial charge is 0.140 e. The van der Waals surface area contributed by atoms with Gasteiger partial charge in [0.15, 0.2) is 0 Å². The molecular formula is C17H23N3O3. The number of aliphatic hydroxyl groups is 2. The number of rotatable bonds is 5. The van der Waals surface area contributed by atoms with Gasteiger partial charge in [0.05, 0.1) is 24.6 Å². The highest BCUT2D eigenvalue weighted by Crippen LogP contribution is 2.29. The van der Waals surface area contributed by atoms with Crippen LogP contribution in [0.1, 0.15) is 44.9 Å². The average Bonchev–Trinajstić information content (AvgIpc) is 2.54. The Morgan fingerprint density at radius 2 is 1.70 bits per heavy atom. The van der Waals surface area contributed by atoms with Crippen molar-refractivity contribution < 1.29 is 15.3 Å². The van der Waals surface area contributed by atoms with Gasteiger partial charge in [-0.05, 0) is 31.9 Å². The fourth-order valence-corrected chi connectivity index (χ4v) is 2.77. The van der Waals surface area contributed by atoms with Crippen molar-refractivity contribution in [3.63, 3.8) is 0 Å². The van der Waals surface area contributed by atoms with Gasteiger partial charge in [-0.15, -0.1) is 0 Å². The molecule has 0 atom stereocenters. The van der Waals surface area contributed by atoms with Gasteiger partial charge in [0, 0.05) is 41.5 Å². The van der Waals surface area contributed by atoms with Crippen LogP contribution in [0.15, 0.2) is 6.20 Å². The molecule has 23 heavy (non-hydrogen) atoms. The molecule has 0 unspecified atom stereocenters. The average molecular weight is 317 g/mol. The lowest BCUT2D eigenvalue weighted by atomic mass is 9.94. The summed E-state index contributed by atoms with van der Waals surface area (Å²) in [6, 6.07) is 0. The van der Waals surface area contributed by atoms with Crippen molar-refractivity contribution in [3.05, 3.63) is 51.1 Å². The molecule has 2 aromatic rings. The Bertz CT molecular complexity index is 730. The van der Waals surface area contributed by atoms with E-state index in [-0.39, 0.29) is 19.0 Å². The molecule has 2 rings (SSSR count). The highest BCUT2D eigenvalue weighted by Gasteiger charge is 2.18. The van der Waals surface area contributed by atoms with Gasteiger partial charge >= 0.3 is 0 Å². The Hall–Kier alpha value is -2.02. The monoisotopic (exact) mass is 317 g/mol. The Labute approximate surface area is 135 Å². The van der Waals surface area contributed by atoms with E-state index in [0.29, 0.717) is 41.0 Å². The summed E-state index contributed by atoms with van der Waals surface area (Å²) in [6.07, 6.45) is 1.85. The molecule has 5 N–H and O–H groups in total. The maximum Gasteiger partial charge on any atom is 0.140 e. The first-order chi connectivity index (χ1) is 10.9. The zero-order chi connectivity index (χ0) is 17.1. The van der Waals surface area contributed by atoms with E-state index in [1.54, 1.807) is 13.1 Å². The maximum atomic E-state index is 10.3. The molecule has 0 saturated heterocycles. The number of pyridine rings is 2. The normalized spacial score (nSPS) is 11.0. The molecule has 6 heteroatoms. The molecule has 124 valence electrons. The molecular weight excluding hydrogens is 294 g/mol. The Balaban J connectivity index is 2.62. The highest BCUT2D eigenvalue weighted by atomic mass is 16.3. The van der Waals surface area contributed by atoms with Crippen molar-refractivity contribution in [1.29, 1.82) is 0 Å². The second-order valence-electron chi connectivity index (χ2n) is 5.62. The quantitative estimate of drug-likeness (QED) is 0.658. The fourth-order valence-electron chi connectivity index (χ4n) is 2.77. The van der Waals surface area contributed by atoms with Gasteiger partial charge in [0.25, 0.3) is 0 Å². The van der Waals surface area contributed by atoms with Crippen LogP contribution in [0.25, 0.3) is 0 Å². The van der Waals surface area contributed by atoms with E-state index in [4.69, 9.17) is 5.73 Å². The number of hydrogen-bond donors (Lipinski definition) is 4. The van der Waals surface area contributed by atoms with Crippen LogP contribution in [0, 0.1) is 20.8 Å². The summed E-state index contributed by atoms with van der Waals surface area (Å²) in [5, 5.41) is 29.5. The maximum absolute atomic E-state index is 10.3. The number of nitrogens with zero attached hydrogens (tertiary/aromatic N) is 2. The van der Waals surface area contributed by atoms with Crippen molar-refractivity contribution in [2.45, 2.75) is 47.0 Å². The van der Waals surface area contributed by atoms with Crippen molar-refractivity contribution in [2.24, 2.45) is 5.73 Å². The molecule has 2 aromatic heterocycles. The summed E-state index contributed by atoms with van der Waals surface area (Å²) in [5.41, 5.74) is 11.5. The fraction of sp³-hybridized carbons (Fsp3) is 0.412. The Morgan fingerprint density at radius 3 is 2.26 bits per heavy atom. The molecule has 0 spiro atoms. The number of aryl methyl sites for hydroxylation is 2. The van der Waals surface area contributed by atoms with Gasteiger partial charge in [-0.1, -0.05) is 0 Å². The van der Waals surface area contributed by atoms with E-state index < -0.39 is 0 Å². The van der Waals surface area contributed by atoms with Crippen LogP contribution in [0.2, 0.25) is 0 Å². The first-order valence-corrected chi connectivity index (χ1v) is 7.50. The minimum Gasteiger partial charge on any atom is -0.506 e. The summed E-state index contributed by atoms with van der Waals surface area (Å²) >= 11 is 0. The third-order valence-corrected chi connectivity index (χ3v) is 4.32. The zero-order valence-corrected chi connectivity index (χ0v) is 13.7. The predicted molar refractivity (Wildman–Crippen MR) is 86.9 cm³/mol. The van der Waals surface area contributed by atoms with Gasteiger partial charge in [-0.2, -0.15) is 0 Å². The number of aliphatic hydroxyl groups excluding tert-OH is 2. The van der Waals surface area contributed by atoms with Gasteiger partial charge < -0.3 is 21.1 Å². The third-order valence-electron chi connectivity index (χ3n) is 4.32. The van der Waals surface area contributed by atoms with Crippen LogP contribution >= 0.6 is 0 Å². The minimum atomic E-state index is -0.223. The van der Waals surface area contributed by atoms with E-state index in [1.807, 2.05) is 13.8 Å². The van der Waals surface area contributed by atoms with Crippen LogP contribution in [-0.2, 0) is 26.2 Å². The second kappa shape index (κ2) is 7.04. The van der Waals surface area contributed by atoms with Gasteiger partial charge in [-0.25, -0.2) is 0 Å². The van der Waals surface area contributed by atoms with Gasteiger partial charge in [-0.3, -0.25) is 9.97 Å². The SMILES string of the molecule is Cc1nc(Cc2c(CO)cnc(C)c2O)c(CO)c(CN)c1C. The summed E-state index contributed by atoms with van der Waals surface area (Å²) in [6.45, 7) is 5.44. The first kappa shape index (κ1) is 17.3. The predicted octanol–water partition coefficient (Wildman–Crippen LogP) is 1.14. The largest absolute Gasteiger partial charge is 0.506 e. The van der Waals surface area contributed by atoms with Crippen LogP contribution in [0.3, 0.4) is 0 Å². The lowest BCUT2D eigenvalue weighted by Gasteiger charge is -2.18. The zero-order valence-electron chi connectivity index (χ0n) is 13.7. The van der Waals surface area contributed by atoms with Crippen LogP contribution in [0.5, 0.6) is 5.75 Å². The third kappa shape index (κ3) is 3.19. The van der Waals surface area contributed by atoms with Crippen molar-refractivity contribution in [1.82, 2.24) is 9.97 Å². The Morgan fingerprint density at radius 1 is 1.00 bits per heavy atom. The molecule has 0 aliphatic carbocycles. The van der Waals surface area contributed by atoms with E-state index in [9.17, 15) is 15.3 Å². The summed E-state index contributed by atoms with van der Waals surface area (Å²) in [4.78, 5) is 8.62. The molecule has 0 aliphatic heterocycles. The molecule has 0 amide bonds. The summed E-state index contributed by atoms with van der Waals surface area (Å²) in [7, 11) is 0. The number of nitrogens with two attached hydrogens (primary N) is 1. The standard InChI is InChI=1S/C17H23N3O3/c1-9-10(2)20-16(15(8-22)14(9)5-18)4-13-12(7-21)6-19-11(3)17(13)23/h6,21-23H,4-5,7-8,18H2,1-3H3.